The van der Waals surface area contributed by atoms with Crippen molar-refractivity contribution in [3.8, 4) is 5.75 Å². The van der Waals surface area contributed by atoms with Crippen LogP contribution >= 0.6 is 11.6 Å². The van der Waals surface area contributed by atoms with E-state index in [1.54, 1.807) is 49.4 Å². The van der Waals surface area contributed by atoms with Gasteiger partial charge in [-0.3, -0.25) is 9.10 Å². The lowest BCUT2D eigenvalue weighted by molar-refractivity contribution is -0.114. The number of hydrogen-bond donors (Lipinski definition) is 1. The molecular weight excluding hydrogens is 376 g/mol. The predicted octanol–water partition coefficient (Wildman–Crippen LogP) is 3.45. The minimum atomic E-state index is -3.66. The summed E-state index contributed by atoms with van der Waals surface area (Å²) in [5.41, 5.74) is 1.73. The number of ether oxygens (including phenoxy) is 1. The van der Waals surface area contributed by atoms with Gasteiger partial charge in [0.15, 0.2) is 0 Å². The van der Waals surface area contributed by atoms with Gasteiger partial charge in [0.25, 0.3) is 0 Å². The van der Waals surface area contributed by atoms with Crippen LogP contribution in [0, 0.1) is 6.92 Å². The van der Waals surface area contributed by atoms with Crippen LogP contribution in [0.5, 0.6) is 5.75 Å². The fourth-order valence-electron chi connectivity index (χ4n) is 2.38. The van der Waals surface area contributed by atoms with E-state index in [-0.39, 0.29) is 6.54 Å². The average molecular weight is 397 g/mol. The minimum absolute atomic E-state index is 0.351. The molecule has 0 unspecified atom stereocenters. The number of amides is 1. The summed E-state index contributed by atoms with van der Waals surface area (Å²) >= 11 is 5.91. The molecule has 0 spiro atoms. The smallest absolute Gasteiger partial charge is 0.245 e. The van der Waals surface area contributed by atoms with E-state index in [9.17, 15) is 13.2 Å². The first-order chi connectivity index (χ1) is 12.2. The van der Waals surface area contributed by atoms with E-state index in [0.29, 0.717) is 28.8 Å². The second-order valence-electron chi connectivity index (χ2n) is 5.71. The molecule has 0 heterocycles. The van der Waals surface area contributed by atoms with Gasteiger partial charge in [-0.25, -0.2) is 8.42 Å². The number of anilines is 2. The van der Waals surface area contributed by atoms with Crippen LogP contribution in [0.3, 0.4) is 0 Å². The maximum absolute atomic E-state index is 12.4. The lowest BCUT2D eigenvalue weighted by atomic mass is 10.2. The van der Waals surface area contributed by atoms with Crippen molar-refractivity contribution in [3.63, 3.8) is 0 Å². The lowest BCUT2D eigenvalue weighted by Gasteiger charge is -2.22. The van der Waals surface area contributed by atoms with Gasteiger partial charge in [0.2, 0.25) is 15.9 Å². The summed E-state index contributed by atoms with van der Waals surface area (Å²) in [6.45, 7) is 3.75. The maximum Gasteiger partial charge on any atom is 0.245 e. The fraction of sp³-hybridized carbons (Fsp3) is 0.278. The number of aryl methyl sites for hydroxylation is 1. The van der Waals surface area contributed by atoms with E-state index in [0.717, 1.165) is 16.1 Å². The van der Waals surface area contributed by atoms with Crippen molar-refractivity contribution in [2.24, 2.45) is 0 Å². The molecule has 6 nitrogen and oxygen atoms in total. The average Bonchev–Trinajstić information content (AvgIpc) is 2.55. The molecule has 0 saturated carbocycles. The standard InChI is InChI=1S/C18H21ClN2O4S/c1-4-25-16-7-5-6-15(11-16)21(26(3,23)24)12-18(22)20-17-9-8-14(19)10-13(17)2/h5-11H,4,12H2,1-3H3,(H,20,22). The van der Waals surface area contributed by atoms with Crippen molar-refractivity contribution in [2.45, 2.75) is 13.8 Å². The fourth-order valence-corrected chi connectivity index (χ4v) is 3.46. The van der Waals surface area contributed by atoms with Gasteiger partial charge in [0.1, 0.15) is 12.3 Å². The van der Waals surface area contributed by atoms with E-state index in [2.05, 4.69) is 5.32 Å². The molecule has 2 rings (SSSR count). The Balaban J connectivity index is 2.23. The third kappa shape index (κ3) is 5.37. The first kappa shape index (κ1) is 20.1. The molecule has 0 aliphatic carbocycles. The van der Waals surface area contributed by atoms with Crippen LogP contribution in [0.15, 0.2) is 42.5 Å². The summed E-state index contributed by atoms with van der Waals surface area (Å²) in [5, 5.41) is 3.28. The highest BCUT2D eigenvalue weighted by Crippen LogP contribution is 2.24. The second kappa shape index (κ2) is 8.42. The predicted molar refractivity (Wildman–Crippen MR) is 105 cm³/mol. The van der Waals surface area contributed by atoms with Crippen molar-refractivity contribution in [1.82, 2.24) is 0 Å². The Morgan fingerprint density at radius 2 is 1.96 bits per heavy atom. The normalized spacial score (nSPS) is 11.1. The molecule has 0 bridgehead atoms. The van der Waals surface area contributed by atoms with Crippen LogP contribution in [0.1, 0.15) is 12.5 Å². The molecule has 0 aromatic heterocycles. The number of hydrogen-bond acceptors (Lipinski definition) is 4. The number of nitrogens with one attached hydrogen (secondary N) is 1. The van der Waals surface area contributed by atoms with Crippen LogP contribution in [-0.2, 0) is 14.8 Å². The number of carbonyl (C=O) groups excluding carboxylic acids is 1. The molecule has 2 aromatic carbocycles. The summed E-state index contributed by atoms with van der Waals surface area (Å²) in [6, 6.07) is 11.7. The number of halogens is 1. The van der Waals surface area contributed by atoms with E-state index < -0.39 is 15.9 Å². The highest BCUT2D eigenvalue weighted by molar-refractivity contribution is 7.92. The zero-order valence-corrected chi connectivity index (χ0v) is 16.4. The first-order valence-corrected chi connectivity index (χ1v) is 10.2. The number of rotatable bonds is 7. The van der Waals surface area contributed by atoms with Gasteiger partial charge in [-0.2, -0.15) is 0 Å². The van der Waals surface area contributed by atoms with Crippen LogP contribution in [-0.4, -0.2) is 33.7 Å². The molecule has 0 saturated heterocycles. The molecular formula is C18H21ClN2O4S. The third-order valence-electron chi connectivity index (χ3n) is 3.57. The monoisotopic (exact) mass is 396 g/mol. The molecule has 140 valence electrons. The van der Waals surface area contributed by atoms with Gasteiger partial charge in [0.05, 0.1) is 18.6 Å². The Morgan fingerprint density at radius 1 is 1.23 bits per heavy atom. The Kier molecular flexibility index (Phi) is 6.50. The number of sulfonamides is 1. The summed E-state index contributed by atoms with van der Waals surface area (Å²) in [4.78, 5) is 12.4. The molecule has 0 radical (unpaired) electrons. The van der Waals surface area contributed by atoms with Crippen molar-refractivity contribution in [3.05, 3.63) is 53.1 Å². The summed E-state index contributed by atoms with van der Waals surface area (Å²) in [6.07, 6.45) is 1.06. The number of carbonyl (C=O) groups is 1. The van der Waals surface area contributed by atoms with Crippen LogP contribution in [0.2, 0.25) is 5.02 Å². The molecule has 0 fully saturated rings. The Morgan fingerprint density at radius 3 is 2.58 bits per heavy atom. The van der Waals surface area contributed by atoms with Gasteiger partial charge in [-0.15, -0.1) is 0 Å². The minimum Gasteiger partial charge on any atom is -0.494 e. The SMILES string of the molecule is CCOc1cccc(N(CC(=O)Nc2ccc(Cl)cc2C)S(C)(=O)=O)c1. The van der Waals surface area contributed by atoms with Crippen LogP contribution in [0.25, 0.3) is 0 Å². The molecule has 0 aliphatic heterocycles. The van der Waals surface area contributed by atoms with Gasteiger partial charge in [0, 0.05) is 16.8 Å². The molecule has 26 heavy (non-hydrogen) atoms. The van der Waals surface area contributed by atoms with Gasteiger partial charge in [-0.1, -0.05) is 17.7 Å². The molecule has 1 amide bonds. The number of benzene rings is 2. The third-order valence-corrected chi connectivity index (χ3v) is 4.94. The van der Waals surface area contributed by atoms with Gasteiger partial charge >= 0.3 is 0 Å². The maximum atomic E-state index is 12.4. The Hall–Kier alpha value is -2.25. The van der Waals surface area contributed by atoms with E-state index in [4.69, 9.17) is 16.3 Å². The van der Waals surface area contributed by atoms with E-state index >= 15 is 0 Å². The zero-order chi connectivity index (χ0) is 19.3. The van der Waals surface area contributed by atoms with Crippen molar-refractivity contribution in [2.75, 3.05) is 29.0 Å². The quantitative estimate of drug-likeness (QED) is 0.777. The van der Waals surface area contributed by atoms with Gasteiger partial charge in [-0.05, 0) is 49.7 Å². The van der Waals surface area contributed by atoms with Crippen molar-refractivity contribution in [1.29, 1.82) is 0 Å². The molecule has 2 aromatic rings. The highest BCUT2D eigenvalue weighted by Gasteiger charge is 2.21. The number of nitrogens with zero attached hydrogens (tertiary/aromatic N) is 1. The molecule has 1 N–H and O–H groups in total. The van der Waals surface area contributed by atoms with Crippen molar-refractivity contribution < 1.29 is 17.9 Å². The molecule has 0 atom stereocenters. The molecule has 8 heteroatoms. The van der Waals surface area contributed by atoms with Gasteiger partial charge < -0.3 is 10.1 Å². The highest BCUT2D eigenvalue weighted by atomic mass is 35.5. The summed E-state index contributed by atoms with van der Waals surface area (Å²) in [7, 11) is -3.66. The zero-order valence-electron chi connectivity index (χ0n) is 14.8. The van der Waals surface area contributed by atoms with Crippen LogP contribution < -0.4 is 14.4 Å². The van der Waals surface area contributed by atoms with Crippen molar-refractivity contribution >= 4 is 38.9 Å². The summed E-state index contributed by atoms with van der Waals surface area (Å²) < 4.78 is 30.8. The topological polar surface area (TPSA) is 75.7 Å². The first-order valence-electron chi connectivity index (χ1n) is 7.97. The van der Waals surface area contributed by atoms with E-state index in [1.165, 1.54) is 0 Å². The Bertz CT molecular complexity index is 900. The Labute approximate surface area is 158 Å². The lowest BCUT2D eigenvalue weighted by Crippen LogP contribution is -2.37. The molecule has 0 aliphatic rings. The van der Waals surface area contributed by atoms with E-state index in [1.807, 2.05) is 6.92 Å². The van der Waals surface area contributed by atoms with Crippen LogP contribution in [0.4, 0.5) is 11.4 Å². The summed E-state index contributed by atoms with van der Waals surface area (Å²) in [5.74, 6) is 0.0789. The second-order valence-corrected chi connectivity index (χ2v) is 8.05. The largest absolute Gasteiger partial charge is 0.494 e.